The molecule has 0 heterocycles. The summed E-state index contributed by atoms with van der Waals surface area (Å²) in [7, 11) is 0. The topological polar surface area (TPSA) is 6.48 Å². The van der Waals surface area contributed by atoms with Crippen LogP contribution in [0.3, 0.4) is 0 Å². The van der Waals surface area contributed by atoms with Crippen LogP contribution in [0.25, 0.3) is 0 Å². The van der Waals surface area contributed by atoms with Gasteiger partial charge in [0.25, 0.3) is 0 Å². The van der Waals surface area contributed by atoms with Crippen LogP contribution in [0.4, 0.5) is 26.3 Å². The molecule has 0 rings (SSSR count). The third-order valence-corrected chi connectivity index (χ3v) is 2.88. The standard InChI is InChI=1S/C8H14F6N2S/c1-3-15(5-7(9,10)11)17-16(4-2)6-8(12,13)14/h3-6H2,1-2H3. The molecule has 104 valence electrons. The lowest BCUT2D eigenvalue weighted by molar-refractivity contribution is -0.138. The largest absolute Gasteiger partial charge is 0.402 e. The molecular formula is C8H14F6N2S. The predicted octanol–water partition coefficient (Wildman–Crippen LogP) is 3.32. The lowest BCUT2D eigenvalue weighted by Crippen LogP contribution is -2.36. The molecule has 0 unspecified atom stereocenters. The van der Waals surface area contributed by atoms with Crippen LogP contribution in [0.5, 0.6) is 0 Å². The summed E-state index contributed by atoms with van der Waals surface area (Å²) in [6.45, 7) is 0.475. The van der Waals surface area contributed by atoms with Crippen LogP contribution in [0.1, 0.15) is 13.8 Å². The molecule has 0 aliphatic carbocycles. The predicted molar refractivity (Wildman–Crippen MR) is 54.2 cm³/mol. The number of alkyl halides is 6. The molecule has 0 saturated carbocycles. The molecule has 0 aromatic carbocycles. The normalized spacial score (nSPS) is 13.8. The van der Waals surface area contributed by atoms with Gasteiger partial charge in [0.15, 0.2) is 0 Å². The van der Waals surface area contributed by atoms with Gasteiger partial charge in [0.05, 0.1) is 0 Å². The Morgan fingerprint density at radius 1 is 0.765 bits per heavy atom. The van der Waals surface area contributed by atoms with Crippen LogP contribution < -0.4 is 0 Å². The Kier molecular flexibility index (Phi) is 6.64. The molecule has 0 aromatic heterocycles. The number of hydrogen-bond acceptors (Lipinski definition) is 3. The van der Waals surface area contributed by atoms with Crippen molar-refractivity contribution in [1.29, 1.82) is 0 Å². The van der Waals surface area contributed by atoms with Gasteiger partial charge in [-0.25, -0.2) is 8.61 Å². The molecule has 0 fully saturated rings. The van der Waals surface area contributed by atoms with Gasteiger partial charge in [-0.1, -0.05) is 13.8 Å². The molecule has 9 heteroatoms. The average Bonchev–Trinajstić information content (AvgIpc) is 2.11. The molecule has 0 bridgehead atoms. The van der Waals surface area contributed by atoms with E-state index in [1.807, 2.05) is 0 Å². The summed E-state index contributed by atoms with van der Waals surface area (Å²) >= 11 is 0.470. The minimum atomic E-state index is -4.42. The second kappa shape index (κ2) is 6.69. The Balaban J connectivity index is 4.32. The first-order chi connectivity index (χ1) is 7.57. The zero-order valence-electron chi connectivity index (χ0n) is 9.40. The molecule has 0 aromatic rings. The second-order valence-corrected chi connectivity index (χ2v) is 4.42. The molecule has 0 spiro atoms. The average molecular weight is 284 g/mol. The zero-order valence-corrected chi connectivity index (χ0v) is 10.2. The van der Waals surface area contributed by atoms with E-state index in [4.69, 9.17) is 0 Å². The van der Waals surface area contributed by atoms with Gasteiger partial charge in [0, 0.05) is 25.2 Å². The van der Waals surface area contributed by atoms with Crippen molar-refractivity contribution in [2.24, 2.45) is 0 Å². The van der Waals surface area contributed by atoms with Gasteiger partial charge in [-0.05, 0) is 0 Å². The maximum atomic E-state index is 12.1. The van der Waals surface area contributed by atoms with Gasteiger partial charge < -0.3 is 0 Å². The summed E-state index contributed by atoms with van der Waals surface area (Å²) in [6.07, 6.45) is -8.83. The highest BCUT2D eigenvalue weighted by atomic mass is 32.2. The Morgan fingerprint density at radius 3 is 1.24 bits per heavy atom. The highest BCUT2D eigenvalue weighted by Gasteiger charge is 2.34. The molecule has 0 amide bonds. The van der Waals surface area contributed by atoms with E-state index in [9.17, 15) is 26.3 Å². The van der Waals surface area contributed by atoms with E-state index < -0.39 is 25.4 Å². The molecule has 2 nitrogen and oxygen atoms in total. The third-order valence-electron chi connectivity index (χ3n) is 1.65. The number of rotatable bonds is 6. The minimum Gasteiger partial charge on any atom is -0.228 e. The number of halogens is 6. The Bertz CT molecular complexity index is 195. The van der Waals surface area contributed by atoms with E-state index in [0.29, 0.717) is 12.1 Å². The molecular weight excluding hydrogens is 270 g/mol. The van der Waals surface area contributed by atoms with E-state index in [0.717, 1.165) is 8.61 Å². The van der Waals surface area contributed by atoms with Gasteiger partial charge in [-0.15, -0.1) is 0 Å². The zero-order chi connectivity index (χ0) is 13.7. The lowest BCUT2D eigenvalue weighted by Gasteiger charge is -2.28. The van der Waals surface area contributed by atoms with Crippen LogP contribution >= 0.6 is 12.1 Å². The van der Waals surface area contributed by atoms with E-state index in [-0.39, 0.29) is 13.1 Å². The van der Waals surface area contributed by atoms with Gasteiger partial charge in [0.1, 0.15) is 13.1 Å². The molecule has 0 atom stereocenters. The first-order valence-electron chi connectivity index (χ1n) is 4.89. The van der Waals surface area contributed by atoms with Crippen molar-refractivity contribution in [1.82, 2.24) is 8.61 Å². The SMILES string of the molecule is CCN(CC(F)(F)F)SN(CC)CC(F)(F)F. The molecule has 0 saturated heterocycles. The summed E-state index contributed by atoms with van der Waals surface area (Å²) in [6, 6.07) is 0. The summed E-state index contributed by atoms with van der Waals surface area (Å²) in [5.41, 5.74) is 0. The maximum Gasteiger partial charge on any atom is 0.402 e. The third kappa shape index (κ3) is 9.54. The van der Waals surface area contributed by atoms with E-state index in [1.54, 1.807) is 0 Å². The van der Waals surface area contributed by atoms with Crippen molar-refractivity contribution in [2.45, 2.75) is 26.2 Å². The quantitative estimate of drug-likeness (QED) is 0.546. The minimum absolute atomic E-state index is 0.0124. The van der Waals surface area contributed by atoms with Crippen LogP contribution in [-0.4, -0.2) is 47.1 Å². The lowest BCUT2D eigenvalue weighted by atomic mass is 10.6. The number of hydrogen-bond donors (Lipinski definition) is 0. The van der Waals surface area contributed by atoms with Gasteiger partial charge in [-0.3, -0.25) is 0 Å². The molecule has 17 heavy (non-hydrogen) atoms. The monoisotopic (exact) mass is 284 g/mol. The first kappa shape index (κ1) is 16.9. The summed E-state index contributed by atoms with van der Waals surface area (Å²) in [4.78, 5) is 0. The summed E-state index contributed by atoms with van der Waals surface area (Å²) in [5.74, 6) is 0. The Labute approximate surface area is 100 Å². The summed E-state index contributed by atoms with van der Waals surface area (Å²) < 4.78 is 74.2. The van der Waals surface area contributed by atoms with Crippen molar-refractivity contribution < 1.29 is 26.3 Å². The van der Waals surface area contributed by atoms with E-state index in [1.165, 1.54) is 13.8 Å². The first-order valence-corrected chi connectivity index (χ1v) is 5.62. The second-order valence-electron chi connectivity index (χ2n) is 3.22. The molecule has 0 radical (unpaired) electrons. The van der Waals surface area contributed by atoms with Crippen LogP contribution in [0, 0.1) is 0 Å². The fourth-order valence-corrected chi connectivity index (χ4v) is 1.93. The van der Waals surface area contributed by atoms with E-state index in [2.05, 4.69) is 0 Å². The van der Waals surface area contributed by atoms with Crippen LogP contribution in [0.15, 0.2) is 0 Å². The maximum absolute atomic E-state index is 12.1. The van der Waals surface area contributed by atoms with Crippen molar-refractivity contribution in [3.05, 3.63) is 0 Å². The smallest absolute Gasteiger partial charge is 0.228 e. The Morgan fingerprint density at radius 2 is 1.06 bits per heavy atom. The fraction of sp³-hybridized carbons (Fsp3) is 1.00. The van der Waals surface area contributed by atoms with Crippen molar-refractivity contribution >= 4 is 12.1 Å². The Hall–Kier alpha value is -0.150. The molecule has 0 aliphatic rings. The van der Waals surface area contributed by atoms with Gasteiger partial charge in [0.2, 0.25) is 0 Å². The highest BCUT2D eigenvalue weighted by Crippen LogP contribution is 2.26. The summed E-state index contributed by atoms with van der Waals surface area (Å²) in [5, 5.41) is 0. The van der Waals surface area contributed by atoms with Gasteiger partial charge in [-0.2, -0.15) is 26.3 Å². The van der Waals surface area contributed by atoms with Crippen molar-refractivity contribution in [2.75, 3.05) is 26.2 Å². The highest BCUT2D eigenvalue weighted by molar-refractivity contribution is 7.94. The van der Waals surface area contributed by atoms with Crippen molar-refractivity contribution in [3.63, 3.8) is 0 Å². The number of nitrogens with zero attached hydrogens (tertiary/aromatic N) is 2. The van der Waals surface area contributed by atoms with Crippen LogP contribution in [-0.2, 0) is 0 Å². The molecule has 0 N–H and O–H groups in total. The fourth-order valence-electron chi connectivity index (χ4n) is 0.960. The van der Waals surface area contributed by atoms with Crippen LogP contribution in [0.2, 0.25) is 0 Å². The molecule has 0 aliphatic heterocycles. The van der Waals surface area contributed by atoms with Gasteiger partial charge >= 0.3 is 12.4 Å². The van der Waals surface area contributed by atoms with Crippen molar-refractivity contribution in [3.8, 4) is 0 Å². The van der Waals surface area contributed by atoms with E-state index >= 15 is 0 Å².